The van der Waals surface area contributed by atoms with Crippen LogP contribution >= 0.6 is 24.0 Å². The van der Waals surface area contributed by atoms with E-state index >= 15 is 0 Å². The summed E-state index contributed by atoms with van der Waals surface area (Å²) in [5, 5.41) is 1.08. The minimum absolute atomic E-state index is 0.689. The van der Waals surface area contributed by atoms with Gasteiger partial charge in [0.1, 0.15) is 10.2 Å². The van der Waals surface area contributed by atoms with Crippen molar-refractivity contribution in [2.24, 2.45) is 0 Å². The van der Waals surface area contributed by atoms with E-state index in [1.54, 1.807) is 0 Å². The standard InChI is InChI=1S/C14H10N2OS2/c18-14-9-6-19-7-10(9)15-13(16-14)12-5-8-3-1-2-4-11(8)17-12/h1-5H,6-7H2,(H,15,16,18). The number of aromatic amines is 1. The van der Waals surface area contributed by atoms with Crippen molar-refractivity contribution in [3.05, 3.63) is 46.2 Å². The first-order valence-corrected chi connectivity index (χ1v) is 7.56. The van der Waals surface area contributed by atoms with Gasteiger partial charge in [-0.3, -0.25) is 0 Å². The lowest BCUT2D eigenvalue weighted by atomic mass is 10.2. The minimum Gasteiger partial charge on any atom is -0.453 e. The second-order valence-electron chi connectivity index (χ2n) is 4.49. The Bertz CT molecular complexity index is 802. The largest absolute Gasteiger partial charge is 0.453 e. The van der Waals surface area contributed by atoms with Gasteiger partial charge in [-0.05, 0) is 12.1 Å². The Hall–Kier alpha value is -1.59. The van der Waals surface area contributed by atoms with E-state index in [-0.39, 0.29) is 0 Å². The number of fused-ring (bicyclic) bond motifs is 2. The lowest BCUT2D eigenvalue weighted by Gasteiger charge is -2.02. The predicted octanol–water partition coefficient (Wildman–Crippen LogP) is 4.30. The van der Waals surface area contributed by atoms with E-state index in [0.29, 0.717) is 4.64 Å². The van der Waals surface area contributed by atoms with Crippen LogP contribution in [0.1, 0.15) is 11.3 Å². The van der Waals surface area contributed by atoms with Crippen molar-refractivity contribution in [2.75, 3.05) is 0 Å². The Kier molecular flexibility index (Phi) is 2.50. The molecule has 0 aliphatic carbocycles. The van der Waals surface area contributed by atoms with Gasteiger partial charge in [0.15, 0.2) is 11.6 Å². The number of para-hydroxylation sites is 1. The van der Waals surface area contributed by atoms with Gasteiger partial charge in [-0.25, -0.2) is 4.98 Å². The summed E-state index contributed by atoms with van der Waals surface area (Å²) in [6.07, 6.45) is 0. The fourth-order valence-corrected chi connectivity index (χ4v) is 3.73. The molecular formula is C14H10N2OS2. The van der Waals surface area contributed by atoms with Gasteiger partial charge in [0.2, 0.25) is 0 Å². The number of furan rings is 1. The number of aromatic nitrogens is 2. The highest BCUT2D eigenvalue weighted by atomic mass is 32.2. The van der Waals surface area contributed by atoms with Crippen LogP contribution in [0, 0.1) is 4.64 Å². The number of H-pyrrole nitrogens is 1. The highest BCUT2D eigenvalue weighted by Crippen LogP contribution is 2.31. The van der Waals surface area contributed by atoms with Gasteiger partial charge in [0, 0.05) is 28.1 Å². The van der Waals surface area contributed by atoms with Crippen LogP contribution in [-0.4, -0.2) is 9.97 Å². The van der Waals surface area contributed by atoms with Crippen molar-refractivity contribution in [2.45, 2.75) is 11.5 Å². The van der Waals surface area contributed by atoms with Crippen LogP contribution in [0.15, 0.2) is 34.7 Å². The summed E-state index contributed by atoms with van der Waals surface area (Å²) in [6.45, 7) is 0. The zero-order valence-electron chi connectivity index (χ0n) is 9.97. The zero-order chi connectivity index (χ0) is 12.8. The van der Waals surface area contributed by atoms with Crippen LogP contribution in [0.5, 0.6) is 0 Å². The molecule has 0 atom stereocenters. The molecule has 1 aliphatic heterocycles. The Morgan fingerprint density at radius 1 is 1.26 bits per heavy atom. The molecule has 3 nitrogen and oxygen atoms in total. The maximum Gasteiger partial charge on any atom is 0.175 e. The molecule has 2 aromatic heterocycles. The van der Waals surface area contributed by atoms with E-state index in [1.165, 1.54) is 11.3 Å². The van der Waals surface area contributed by atoms with Crippen molar-refractivity contribution in [1.82, 2.24) is 9.97 Å². The SMILES string of the molecule is S=c1nc(-c2cc3ccccc3o2)[nH]c2c1CSC2. The third-order valence-electron chi connectivity index (χ3n) is 3.26. The molecule has 94 valence electrons. The molecule has 5 heteroatoms. The number of hydrogen-bond donors (Lipinski definition) is 1. The van der Waals surface area contributed by atoms with Gasteiger partial charge in [0.25, 0.3) is 0 Å². The second kappa shape index (κ2) is 4.21. The molecular weight excluding hydrogens is 276 g/mol. The lowest BCUT2D eigenvalue weighted by molar-refractivity contribution is 0.624. The fourth-order valence-electron chi connectivity index (χ4n) is 2.29. The molecule has 1 aromatic carbocycles. The first kappa shape index (κ1) is 11.3. The van der Waals surface area contributed by atoms with Gasteiger partial charge < -0.3 is 9.40 Å². The van der Waals surface area contributed by atoms with Crippen molar-refractivity contribution >= 4 is 34.9 Å². The number of benzene rings is 1. The smallest absolute Gasteiger partial charge is 0.175 e. The van der Waals surface area contributed by atoms with Crippen molar-refractivity contribution in [3.8, 4) is 11.6 Å². The van der Waals surface area contributed by atoms with Crippen molar-refractivity contribution in [3.63, 3.8) is 0 Å². The van der Waals surface area contributed by atoms with Crippen LogP contribution in [0.2, 0.25) is 0 Å². The zero-order valence-corrected chi connectivity index (χ0v) is 11.6. The van der Waals surface area contributed by atoms with Gasteiger partial charge in [0.05, 0.1) is 0 Å². The van der Waals surface area contributed by atoms with E-state index < -0.39 is 0 Å². The van der Waals surface area contributed by atoms with Crippen LogP contribution in [-0.2, 0) is 11.5 Å². The number of hydrogen-bond acceptors (Lipinski definition) is 4. The van der Waals surface area contributed by atoms with E-state index in [2.05, 4.69) is 9.97 Å². The number of nitrogens with one attached hydrogen (secondary N) is 1. The normalized spacial score (nSPS) is 13.9. The predicted molar refractivity (Wildman–Crippen MR) is 79.6 cm³/mol. The summed E-state index contributed by atoms with van der Waals surface area (Å²) in [6, 6.07) is 9.94. The molecule has 1 N–H and O–H groups in total. The van der Waals surface area contributed by atoms with Gasteiger partial charge >= 0.3 is 0 Å². The van der Waals surface area contributed by atoms with Crippen LogP contribution in [0.25, 0.3) is 22.6 Å². The van der Waals surface area contributed by atoms with E-state index in [4.69, 9.17) is 16.6 Å². The molecule has 3 heterocycles. The number of thioether (sulfide) groups is 1. The molecule has 0 spiro atoms. The number of nitrogens with zero attached hydrogens (tertiary/aromatic N) is 1. The van der Waals surface area contributed by atoms with Crippen LogP contribution < -0.4 is 0 Å². The minimum atomic E-state index is 0.689. The highest BCUT2D eigenvalue weighted by molar-refractivity contribution is 7.98. The molecule has 4 rings (SSSR count). The van der Waals surface area contributed by atoms with Gasteiger partial charge in [-0.1, -0.05) is 30.4 Å². The monoisotopic (exact) mass is 286 g/mol. The lowest BCUT2D eigenvalue weighted by Crippen LogP contribution is -1.96. The average Bonchev–Trinajstić information content (AvgIpc) is 3.04. The molecule has 0 fully saturated rings. The summed E-state index contributed by atoms with van der Waals surface area (Å²) in [4.78, 5) is 7.81. The molecule has 0 radical (unpaired) electrons. The Morgan fingerprint density at radius 3 is 3.05 bits per heavy atom. The quantitative estimate of drug-likeness (QED) is 0.677. The molecule has 19 heavy (non-hydrogen) atoms. The Balaban J connectivity index is 1.92. The molecule has 0 saturated carbocycles. The maximum atomic E-state index is 5.82. The third kappa shape index (κ3) is 1.81. The Labute approximate surface area is 119 Å². The maximum absolute atomic E-state index is 5.82. The summed E-state index contributed by atoms with van der Waals surface area (Å²) in [5.41, 5.74) is 3.22. The van der Waals surface area contributed by atoms with Crippen molar-refractivity contribution in [1.29, 1.82) is 0 Å². The van der Waals surface area contributed by atoms with Crippen LogP contribution in [0.3, 0.4) is 0 Å². The van der Waals surface area contributed by atoms with Gasteiger partial charge in [-0.2, -0.15) is 11.8 Å². The second-order valence-corrected chi connectivity index (χ2v) is 5.86. The van der Waals surface area contributed by atoms with Crippen molar-refractivity contribution < 1.29 is 4.42 Å². The summed E-state index contributed by atoms with van der Waals surface area (Å²) in [7, 11) is 0. The summed E-state index contributed by atoms with van der Waals surface area (Å²) < 4.78 is 6.51. The van der Waals surface area contributed by atoms with E-state index in [1.807, 2.05) is 42.1 Å². The Morgan fingerprint density at radius 2 is 2.16 bits per heavy atom. The first-order chi connectivity index (χ1) is 9.31. The van der Waals surface area contributed by atoms with Gasteiger partial charge in [-0.15, -0.1) is 0 Å². The number of rotatable bonds is 1. The fraction of sp³-hybridized carbons (Fsp3) is 0.143. The molecule has 1 aliphatic rings. The van der Waals surface area contributed by atoms with Crippen LogP contribution in [0.4, 0.5) is 0 Å². The molecule has 0 amide bonds. The molecule has 3 aromatic rings. The molecule has 0 bridgehead atoms. The molecule has 0 unspecified atom stereocenters. The summed E-state index contributed by atoms with van der Waals surface area (Å²) in [5.74, 6) is 3.39. The average molecular weight is 286 g/mol. The van der Waals surface area contributed by atoms with E-state index in [9.17, 15) is 0 Å². The third-order valence-corrected chi connectivity index (χ3v) is 4.58. The topological polar surface area (TPSA) is 41.8 Å². The molecule has 0 saturated heterocycles. The first-order valence-electron chi connectivity index (χ1n) is 6.00. The highest BCUT2D eigenvalue weighted by Gasteiger charge is 2.17. The van der Waals surface area contributed by atoms with E-state index in [0.717, 1.165) is 34.1 Å². The summed E-state index contributed by atoms with van der Waals surface area (Å²) >= 11 is 7.22.